The topological polar surface area (TPSA) is 58.1 Å². The largest absolute Gasteiger partial charge is 0.496 e. The standard InChI is InChI=1S/C19H32N4O2.HI/c1-5-20-19(21-13-16(3)23-8-10-25-11-9-23)22-14-17-7-6-15(2)18(12-17)24-4;/h6-7,12,16H,5,8-11,13-14H2,1-4H3,(H2,20,21,22);1H. The molecule has 0 radical (unpaired) electrons. The zero-order chi connectivity index (χ0) is 18.1. The molecule has 0 aromatic heterocycles. The number of benzene rings is 1. The second kappa shape index (κ2) is 12.3. The molecule has 0 amide bonds. The molecule has 0 spiro atoms. The number of nitrogens with one attached hydrogen (secondary N) is 2. The van der Waals surface area contributed by atoms with E-state index < -0.39 is 0 Å². The number of hydrogen-bond donors (Lipinski definition) is 2. The predicted molar refractivity (Wildman–Crippen MR) is 118 cm³/mol. The van der Waals surface area contributed by atoms with Crippen LogP contribution in [0.4, 0.5) is 0 Å². The molecule has 7 heteroatoms. The summed E-state index contributed by atoms with van der Waals surface area (Å²) in [6.07, 6.45) is 0. The first kappa shape index (κ1) is 23.0. The van der Waals surface area contributed by atoms with E-state index >= 15 is 0 Å². The number of morpholine rings is 1. The molecule has 148 valence electrons. The lowest BCUT2D eigenvalue weighted by Crippen LogP contribution is -2.49. The van der Waals surface area contributed by atoms with E-state index in [1.54, 1.807) is 7.11 Å². The first-order valence-corrected chi connectivity index (χ1v) is 9.11. The predicted octanol–water partition coefficient (Wildman–Crippen LogP) is 2.40. The highest BCUT2D eigenvalue weighted by atomic mass is 127. The van der Waals surface area contributed by atoms with E-state index in [0.29, 0.717) is 12.6 Å². The highest BCUT2D eigenvalue weighted by molar-refractivity contribution is 14.0. The van der Waals surface area contributed by atoms with Gasteiger partial charge in [0.05, 0.1) is 26.9 Å². The Hall–Kier alpha value is -1.06. The third kappa shape index (κ3) is 7.28. The fourth-order valence-electron chi connectivity index (χ4n) is 2.87. The quantitative estimate of drug-likeness (QED) is 0.360. The van der Waals surface area contributed by atoms with E-state index in [1.807, 2.05) is 6.92 Å². The molecule has 0 bridgehead atoms. The number of guanidine groups is 1. The van der Waals surface area contributed by atoms with Gasteiger partial charge in [0.15, 0.2) is 5.96 Å². The van der Waals surface area contributed by atoms with E-state index in [-0.39, 0.29) is 24.0 Å². The summed E-state index contributed by atoms with van der Waals surface area (Å²) in [6.45, 7) is 12.4. The number of nitrogens with zero attached hydrogens (tertiary/aromatic N) is 2. The number of rotatable bonds is 7. The minimum absolute atomic E-state index is 0. The molecule has 6 nitrogen and oxygen atoms in total. The van der Waals surface area contributed by atoms with Gasteiger partial charge in [0.25, 0.3) is 0 Å². The molecule has 0 aliphatic carbocycles. The van der Waals surface area contributed by atoms with Crippen LogP contribution in [0.15, 0.2) is 23.2 Å². The second-order valence-corrected chi connectivity index (χ2v) is 6.38. The second-order valence-electron chi connectivity index (χ2n) is 6.38. The van der Waals surface area contributed by atoms with E-state index in [1.165, 1.54) is 0 Å². The number of halogens is 1. The van der Waals surface area contributed by atoms with Crippen LogP contribution >= 0.6 is 24.0 Å². The van der Waals surface area contributed by atoms with Gasteiger partial charge in [0.1, 0.15) is 5.75 Å². The Morgan fingerprint density at radius 3 is 2.69 bits per heavy atom. The van der Waals surface area contributed by atoms with E-state index in [2.05, 4.69) is 47.6 Å². The Kier molecular flexibility index (Phi) is 10.9. The summed E-state index contributed by atoms with van der Waals surface area (Å²) >= 11 is 0. The van der Waals surface area contributed by atoms with Crippen LogP contribution in [0.3, 0.4) is 0 Å². The van der Waals surface area contributed by atoms with Gasteiger partial charge in [0, 0.05) is 32.2 Å². The van der Waals surface area contributed by atoms with Gasteiger partial charge in [-0.1, -0.05) is 12.1 Å². The normalized spacial score (nSPS) is 16.5. The Morgan fingerprint density at radius 1 is 1.31 bits per heavy atom. The van der Waals surface area contributed by atoms with Crippen molar-refractivity contribution in [2.45, 2.75) is 33.4 Å². The van der Waals surface area contributed by atoms with Gasteiger partial charge in [-0.2, -0.15) is 0 Å². The van der Waals surface area contributed by atoms with Gasteiger partial charge >= 0.3 is 0 Å². The van der Waals surface area contributed by atoms with Crippen molar-refractivity contribution >= 4 is 29.9 Å². The molecule has 1 aromatic carbocycles. The lowest BCUT2D eigenvalue weighted by Gasteiger charge is -2.32. The summed E-state index contributed by atoms with van der Waals surface area (Å²) in [7, 11) is 1.70. The average Bonchev–Trinajstić information content (AvgIpc) is 2.65. The summed E-state index contributed by atoms with van der Waals surface area (Å²) in [5, 5.41) is 6.77. The van der Waals surface area contributed by atoms with Crippen molar-refractivity contribution in [1.82, 2.24) is 15.5 Å². The van der Waals surface area contributed by atoms with Crippen molar-refractivity contribution in [3.63, 3.8) is 0 Å². The molecule has 1 saturated heterocycles. The SMILES string of the molecule is CCNC(=NCc1ccc(C)c(OC)c1)NCC(C)N1CCOCC1.I. The van der Waals surface area contributed by atoms with E-state index in [9.17, 15) is 0 Å². The summed E-state index contributed by atoms with van der Waals surface area (Å²) in [5.74, 6) is 1.76. The molecule has 1 fully saturated rings. The Balaban J connectivity index is 0.00000338. The summed E-state index contributed by atoms with van der Waals surface area (Å²) in [5.41, 5.74) is 2.28. The monoisotopic (exact) mass is 476 g/mol. The number of ether oxygens (including phenoxy) is 2. The maximum absolute atomic E-state index is 5.42. The van der Waals surface area contributed by atoms with Crippen LogP contribution in [0, 0.1) is 6.92 Å². The molecule has 1 aromatic rings. The zero-order valence-corrected chi connectivity index (χ0v) is 18.7. The maximum Gasteiger partial charge on any atom is 0.191 e. The minimum Gasteiger partial charge on any atom is -0.496 e. The van der Waals surface area contributed by atoms with Crippen molar-refractivity contribution in [2.24, 2.45) is 4.99 Å². The Morgan fingerprint density at radius 2 is 2.04 bits per heavy atom. The Bertz CT molecular complexity index is 562. The first-order chi connectivity index (χ1) is 12.1. The summed E-state index contributed by atoms with van der Waals surface area (Å²) in [4.78, 5) is 7.15. The average molecular weight is 476 g/mol. The van der Waals surface area contributed by atoms with Crippen LogP contribution in [0.1, 0.15) is 25.0 Å². The van der Waals surface area contributed by atoms with Gasteiger partial charge in [-0.3, -0.25) is 4.90 Å². The molecular formula is C19H33IN4O2. The van der Waals surface area contributed by atoms with Crippen molar-refractivity contribution < 1.29 is 9.47 Å². The molecule has 1 aliphatic heterocycles. The van der Waals surface area contributed by atoms with Crippen LogP contribution < -0.4 is 15.4 Å². The lowest BCUT2D eigenvalue weighted by molar-refractivity contribution is 0.0211. The molecule has 2 N–H and O–H groups in total. The molecule has 26 heavy (non-hydrogen) atoms. The van der Waals surface area contributed by atoms with Gasteiger partial charge in [-0.15, -0.1) is 24.0 Å². The molecule has 1 unspecified atom stereocenters. The summed E-state index contributed by atoms with van der Waals surface area (Å²) < 4.78 is 10.8. The van der Waals surface area contributed by atoms with Gasteiger partial charge in [-0.05, 0) is 38.0 Å². The number of methoxy groups -OCH3 is 1. The van der Waals surface area contributed by atoms with E-state index in [0.717, 1.165) is 62.2 Å². The van der Waals surface area contributed by atoms with Crippen LogP contribution in [0.5, 0.6) is 5.75 Å². The minimum atomic E-state index is 0. The first-order valence-electron chi connectivity index (χ1n) is 9.11. The van der Waals surface area contributed by atoms with Gasteiger partial charge < -0.3 is 20.1 Å². The summed E-state index contributed by atoms with van der Waals surface area (Å²) in [6, 6.07) is 6.68. The Labute approximate surface area is 174 Å². The van der Waals surface area contributed by atoms with Crippen molar-refractivity contribution in [2.75, 3.05) is 46.5 Å². The number of aliphatic imine (C=N–C) groups is 1. The molecule has 1 heterocycles. The molecule has 0 saturated carbocycles. The number of hydrogen-bond acceptors (Lipinski definition) is 4. The van der Waals surface area contributed by atoms with Gasteiger partial charge in [-0.25, -0.2) is 4.99 Å². The van der Waals surface area contributed by atoms with Crippen LogP contribution in [-0.2, 0) is 11.3 Å². The van der Waals surface area contributed by atoms with Crippen molar-refractivity contribution in [3.05, 3.63) is 29.3 Å². The highest BCUT2D eigenvalue weighted by Crippen LogP contribution is 2.19. The smallest absolute Gasteiger partial charge is 0.191 e. The molecule has 1 aliphatic rings. The molecule has 1 atom stereocenters. The van der Waals surface area contributed by atoms with Crippen LogP contribution in [-0.4, -0.2) is 63.4 Å². The van der Waals surface area contributed by atoms with Crippen LogP contribution in [0.25, 0.3) is 0 Å². The number of aryl methyl sites for hydroxylation is 1. The van der Waals surface area contributed by atoms with Crippen molar-refractivity contribution in [1.29, 1.82) is 0 Å². The third-order valence-corrected chi connectivity index (χ3v) is 4.47. The fourth-order valence-corrected chi connectivity index (χ4v) is 2.87. The third-order valence-electron chi connectivity index (χ3n) is 4.47. The fraction of sp³-hybridized carbons (Fsp3) is 0.632. The van der Waals surface area contributed by atoms with E-state index in [4.69, 9.17) is 14.5 Å². The molecule has 2 rings (SSSR count). The van der Waals surface area contributed by atoms with Crippen molar-refractivity contribution in [3.8, 4) is 5.75 Å². The zero-order valence-electron chi connectivity index (χ0n) is 16.4. The van der Waals surface area contributed by atoms with Gasteiger partial charge in [0.2, 0.25) is 0 Å². The highest BCUT2D eigenvalue weighted by Gasteiger charge is 2.16. The molecular weight excluding hydrogens is 443 g/mol. The van der Waals surface area contributed by atoms with Crippen LogP contribution in [0.2, 0.25) is 0 Å². The maximum atomic E-state index is 5.42. The lowest BCUT2D eigenvalue weighted by atomic mass is 10.1.